The van der Waals surface area contributed by atoms with E-state index >= 15 is 0 Å². The van der Waals surface area contributed by atoms with Gasteiger partial charge in [-0.05, 0) is 12.8 Å². The molecule has 15 heavy (non-hydrogen) atoms. The molecule has 4 heteroatoms. The summed E-state index contributed by atoms with van der Waals surface area (Å²) in [5, 5.41) is 0. The summed E-state index contributed by atoms with van der Waals surface area (Å²) in [7, 11) is 0. The van der Waals surface area contributed by atoms with Gasteiger partial charge in [-0.25, -0.2) is 4.79 Å². The van der Waals surface area contributed by atoms with Crippen LogP contribution in [0.15, 0.2) is 17.2 Å². The molecule has 0 aliphatic carbocycles. The van der Waals surface area contributed by atoms with Crippen molar-refractivity contribution in [3.05, 3.63) is 22.9 Å². The predicted octanol–water partition coefficient (Wildman–Crippen LogP) is 1.49. The monoisotopic (exact) mass is 212 g/mol. The summed E-state index contributed by atoms with van der Waals surface area (Å²) in [5.41, 5.74) is 0.0666. The maximum atomic E-state index is 11.7. The van der Waals surface area contributed by atoms with E-state index in [-0.39, 0.29) is 5.69 Å². The van der Waals surface area contributed by atoms with E-state index in [0.29, 0.717) is 13.2 Å². The van der Waals surface area contributed by atoms with Gasteiger partial charge in [0.05, 0.1) is 13.2 Å². The van der Waals surface area contributed by atoms with Crippen LogP contribution >= 0.6 is 0 Å². The van der Waals surface area contributed by atoms with Crippen molar-refractivity contribution >= 4 is 0 Å². The standard InChI is InChI=1S/C11H20N2O2/c1-3-5-12-6-7-13(11(12)14)8-10-15-9-4-2/h6-7H,3-5,8-10H2,1-2H3. The molecule has 0 aliphatic heterocycles. The van der Waals surface area contributed by atoms with E-state index in [9.17, 15) is 4.79 Å². The Balaban J connectivity index is 2.44. The number of aryl methyl sites for hydroxylation is 1. The average Bonchev–Trinajstić information content (AvgIpc) is 2.57. The highest BCUT2D eigenvalue weighted by Gasteiger charge is 2.01. The molecule has 0 bridgehead atoms. The van der Waals surface area contributed by atoms with Crippen molar-refractivity contribution in [1.29, 1.82) is 0 Å². The van der Waals surface area contributed by atoms with Crippen LogP contribution in [0.4, 0.5) is 0 Å². The van der Waals surface area contributed by atoms with Crippen molar-refractivity contribution < 1.29 is 4.74 Å². The van der Waals surface area contributed by atoms with Crippen LogP contribution < -0.4 is 5.69 Å². The normalized spacial score (nSPS) is 10.8. The van der Waals surface area contributed by atoms with E-state index in [0.717, 1.165) is 26.0 Å². The summed E-state index contributed by atoms with van der Waals surface area (Å²) >= 11 is 0. The highest BCUT2D eigenvalue weighted by atomic mass is 16.5. The molecule has 1 aromatic rings. The van der Waals surface area contributed by atoms with Gasteiger partial charge < -0.3 is 4.74 Å². The first-order chi connectivity index (χ1) is 7.29. The molecular weight excluding hydrogens is 192 g/mol. The molecule has 0 aliphatic rings. The zero-order valence-electron chi connectivity index (χ0n) is 9.61. The molecule has 0 radical (unpaired) electrons. The van der Waals surface area contributed by atoms with Crippen molar-refractivity contribution in [2.45, 2.75) is 39.8 Å². The van der Waals surface area contributed by atoms with E-state index in [1.54, 1.807) is 9.13 Å². The Morgan fingerprint density at radius 2 is 1.73 bits per heavy atom. The highest BCUT2D eigenvalue weighted by molar-refractivity contribution is 4.81. The number of imidazole rings is 1. The molecule has 0 N–H and O–H groups in total. The van der Waals surface area contributed by atoms with Crippen LogP contribution in [0.2, 0.25) is 0 Å². The Morgan fingerprint density at radius 3 is 2.33 bits per heavy atom. The van der Waals surface area contributed by atoms with Gasteiger partial charge in [0.1, 0.15) is 0 Å². The Labute approximate surface area is 90.5 Å². The number of hydrogen-bond donors (Lipinski definition) is 0. The van der Waals surface area contributed by atoms with Gasteiger partial charge in [0, 0.05) is 25.5 Å². The van der Waals surface area contributed by atoms with Crippen molar-refractivity contribution in [2.75, 3.05) is 13.2 Å². The summed E-state index contributed by atoms with van der Waals surface area (Å²) < 4.78 is 8.78. The molecule has 0 amide bonds. The average molecular weight is 212 g/mol. The summed E-state index contributed by atoms with van der Waals surface area (Å²) in [6.45, 7) is 6.96. The van der Waals surface area contributed by atoms with Crippen LogP contribution in [0, 0.1) is 0 Å². The second-order valence-corrected chi connectivity index (χ2v) is 3.58. The number of rotatable bonds is 7. The smallest absolute Gasteiger partial charge is 0.328 e. The van der Waals surface area contributed by atoms with Gasteiger partial charge in [-0.15, -0.1) is 0 Å². The molecule has 0 spiro atoms. The number of ether oxygens (including phenoxy) is 1. The molecule has 1 aromatic heterocycles. The summed E-state index contributed by atoms with van der Waals surface area (Å²) in [6.07, 6.45) is 5.67. The molecular formula is C11H20N2O2. The number of aromatic nitrogens is 2. The summed E-state index contributed by atoms with van der Waals surface area (Å²) in [5.74, 6) is 0. The van der Waals surface area contributed by atoms with Crippen molar-refractivity contribution in [3.63, 3.8) is 0 Å². The first-order valence-electron chi connectivity index (χ1n) is 5.63. The van der Waals surface area contributed by atoms with E-state index in [1.807, 2.05) is 12.4 Å². The minimum absolute atomic E-state index is 0.0666. The SMILES string of the molecule is CCCOCCn1ccn(CCC)c1=O. The Morgan fingerprint density at radius 1 is 1.07 bits per heavy atom. The zero-order chi connectivity index (χ0) is 11.1. The third kappa shape index (κ3) is 3.55. The summed E-state index contributed by atoms with van der Waals surface area (Å²) in [6, 6.07) is 0. The maximum absolute atomic E-state index is 11.7. The molecule has 0 saturated carbocycles. The number of hydrogen-bond acceptors (Lipinski definition) is 2. The van der Waals surface area contributed by atoms with Gasteiger partial charge in [0.2, 0.25) is 0 Å². The Kier molecular flexibility index (Phi) is 5.18. The quantitative estimate of drug-likeness (QED) is 0.642. The largest absolute Gasteiger partial charge is 0.380 e. The lowest BCUT2D eigenvalue weighted by Crippen LogP contribution is -2.25. The van der Waals surface area contributed by atoms with Crippen LogP contribution in [0.5, 0.6) is 0 Å². The van der Waals surface area contributed by atoms with Gasteiger partial charge in [0.25, 0.3) is 0 Å². The van der Waals surface area contributed by atoms with E-state index in [1.165, 1.54) is 0 Å². The molecule has 0 unspecified atom stereocenters. The highest BCUT2D eigenvalue weighted by Crippen LogP contribution is 1.89. The topological polar surface area (TPSA) is 36.2 Å². The van der Waals surface area contributed by atoms with Crippen LogP contribution in [0.1, 0.15) is 26.7 Å². The first kappa shape index (κ1) is 12.0. The molecule has 0 atom stereocenters. The minimum atomic E-state index is 0.0666. The lowest BCUT2D eigenvalue weighted by atomic mass is 10.5. The summed E-state index contributed by atoms with van der Waals surface area (Å²) in [4.78, 5) is 11.7. The Hall–Kier alpha value is -1.03. The minimum Gasteiger partial charge on any atom is -0.380 e. The molecule has 4 nitrogen and oxygen atoms in total. The van der Waals surface area contributed by atoms with E-state index in [4.69, 9.17) is 4.74 Å². The van der Waals surface area contributed by atoms with Gasteiger partial charge >= 0.3 is 5.69 Å². The molecule has 0 aromatic carbocycles. The second-order valence-electron chi connectivity index (χ2n) is 3.58. The number of nitrogens with zero attached hydrogens (tertiary/aromatic N) is 2. The first-order valence-corrected chi connectivity index (χ1v) is 5.63. The fraction of sp³-hybridized carbons (Fsp3) is 0.727. The third-order valence-corrected chi connectivity index (χ3v) is 2.21. The van der Waals surface area contributed by atoms with Gasteiger partial charge in [0.15, 0.2) is 0 Å². The van der Waals surface area contributed by atoms with Crippen LogP contribution in [-0.2, 0) is 17.8 Å². The van der Waals surface area contributed by atoms with E-state index in [2.05, 4.69) is 13.8 Å². The Bertz CT molecular complexity index is 328. The van der Waals surface area contributed by atoms with Crippen LogP contribution in [-0.4, -0.2) is 22.3 Å². The lowest BCUT2D eigenvalue weighted by molar-refractivity contribution is 0.126. The van der Waals surface area contributed by atoms with Crippen molar-refractivity contribution in [1.82, 2.24) is 9.13 Å². The maximum Gasteiger partial charge on any atom is 0.328 e. The van der Waals surface area contributed by atoms with Crippen molar-refractivity contribution in [3.8, 4) is 0 Å². The third-order valence-electron chi connectivity index (χ3n) is 2.21. The molecule has 1 rings (SSSR count). The molecule has 86 valence electrons. The van der Waals surface area contributed by atoms with Crippen molar-refractivity contribution in [2.24, 2.45) is 0 Å². The van der Waals surface area contributed by atoms with E-state index < -0.39 is 0 Å². The van der Waals surface area contributed by atoms with Gasteiger partial charge in [-0.3, -0.25) is 9.13 Å². The van der Waals surface area contributed by atoms with Gasteiger partial charge in [-0.2, -0.15) is 0 Å². The van der Waals surface area contributed by atoms with Crippen LogP contribution in [0.25, 0.3) is 0 Å². The zero-order valence-corrected chi connectivity index (χ0v) is 9.61. The lowest BCUT2D eigenvalue weighted by Gasteiger charge is -2.02. The fourth-order valence-corrected chi connectivity index (χ4v) is 1.44. The second kappa shape index (κ2) is 6.45. The van der Waals surface area contributed by atoms with Gasteiger partial charge in [-0.1, -0.05) is 13.8 Å². The molecule has 0 saturated heterocycles. The van der Waals surface area contributed by atoms with Crippen LogP contribution in [0.3, 0.4) is 0 Å². The fourth-order valence-electron chi connectivity index (χ4n) is 1.44. The molecule has 0 fully saturated rings. The predicted molar refractivity (Wildman–Crippen MR) is 60.1 cm³/mol. The molecule has 1 heterocycles.